The number of aliphatic hydroxyl groups is 1. The Balaban J connectivity index is 2.48. The van der Waals surface area contributed by atoms with Gasteiger partial charge < -0.3 is 10.4 Å². The van der Waals surface area contributed by atoms with Crippen molar-refractivity contribution >= 4 is 5.91 Å². The van der Waals surface area contributed by atoms with Crippen LogP contribution in [0.3, 0.4) is 0 Å². The molecule has 5 heteroatoms. The van der Waals surface area contributed by atoms with Gasteiger partial charge in [0.05, 0.1) is 6.20 Å². The summed E-state index contributed by atoms with van der Waals surface area (Å²) in [6.07, 6.45) is 1.48. The Morgan fingerprint density at radius 3 is 2.93 bits per heavy atom. The first-order valence-corrected chi connectivity index (χ1v) is 4.24. The van der Waals surface area contributed by atoms with E-state index in [9.17, 15) is 9.18 Å². The van der Waals surface area contributed by atoms with Crippen molar-refractivity contribution in [1.29, 1.82) is 0 Å². The molecule has 0 saturated heterocycles. The Morgan fingerprint density at radius 1 is 1.57 bits per heavy atom. The van der Waals surface area contributed by atoms with Gasteiger partial charge in [-0.05, 0) is 18.6 Å². The van der Waals surface area contributed by atoms with E-state index in [4.69, 9.17) is 5.11 Å². The van der Waals surface area contributed by atoms with E-state index in [-0.39, 0.29) is 18.2 Å². The third-order valence-electron chi connectivity index (χ3n) is 1.58. The molecule has 1 aromatic heterocycles. The summed E-state index contributed by atoms with van der Waals surface area (Å²) in [5.74, 6) is -0.838. The van der Waals surface area contributed by atoms with Gasteiger partial charge in [0.25, 0.3) is 5.91 Å². The minimum atomic E-state index is -0.475. The van der Waals surface area contributed by atoms with E-state index in [1.165, 1.54) is 12.1 Å². The van der Waals surface area contributed by atoms with Crippen LogP contribution in [-0.4, -0.2) is 29.1 Å². The molecule has 1 heterocycles. The summed E-state index contributed by atoms with van der Waals surface area (Å²) in [4.78, 5) is 14.9. The van der Waals surface area contributed by atoms with E-state index in [2.05, 4.69) is 10.3 Å². The van der Waals surface area contributed by atoms with Crippen LogP contribution in [0.4, 0.5) is 4.39 Å². The van der Waals surface area contributed by atoms with E-state index in [0.717, 1.165) is 6.20 Å². The summed E-state index contributed by atoms with van der Waals surface area (Å²) in [6, 6.07) is 2.48. The molecular weight excluding hydrogens is 187 g/mol. The number of nitrogens with zero attached hydrogens (tertiary/aromatic N) is 1. The predicted octanol–water partition coefficient (Wildman–Crippen LogP) is 0.333. The molecule has 0 spiro atoms. The molecule has 0 atom stereocenters. The van der Waals surface area contributed by atoms with E-state index < -0.39 is 5.82 Å². The minimum absolute atomic E-state index is 0.0249. The van der Waals surface area contributed by atoms with Crippen LogP contribution in [0.15, 0.2) is 18.3 Å². The van der Waals surface area contributed by atoms with E-state index in [1.54, 1.807) is 0 Å². The van der Waals surface area contributed by atoms with Gasteiger partial charge in [0.15, 0.2) is 0 Å². The third kappa shape index (κ3) is 3.10. The fourth-order valence-electron chi connectivity index (χ4n) is 0.882. The number of nitrogens with one attached hydrogen (secondary N) is 1. The smallest absolute Gasteiger partial charge is 0.269 e. The number of hydrogen-bond donors (Lipinski definition) is 2. The second-order valence-corrected chi connectivity index (χ2v) is 2.69. The number of carbonyl (C=O) groups excluding carboxylic acids is 1. The topological polar surface area (TPSA) is 62.2 Å². The summed E-state index contributed by atoms with van der Waals surface area (Å²) < 4.78 is 12.4. The molecule has 0 fully saturated rings. The highest BCUT2D eigenvalue weighted by atomic mass is 19.1. The summed E-state index contributed by atoms with van der Waals surface area (Å²) in [5.41, 5.74) is 0.171. The number of halogens is 1. The molecule has 0 radical (unpaired) electrons. The van der Waals surface area contributed by atoms with Crippen LogP contribution >= 0.6 is 0 Å². The van der Waals surface area contributed by atoms with Gasteiger partial charge >= 0.3 is 0 Å². The Bertz CT molecular complexity index is 300. The normalized spacial score (nSPS) is 9.86. The minimum Gasteiger partial charge on any atom is -0.396 e. The second-order valence-electron chi connectivity index (χ2n) is 2.69. The molecular formula is C9H11FN2O2. The lowest BCUT2D eigenvalue weighted by atomic mass is 10.3. The molecule has 14 heavy (non-hydrogen) atoms. The molecule has 1 amide bonds. The number of hydrogen-bond acceptors (Lipinski definition) is 3. The number of carbonyl (C=O) groups is 1. The predicted molar refractivity (Wildman–Crippen MR) is 48.2 cm³/mol. The van der Waals surface area contributed by atoms with Crippen LogP contribution in [0.2, 0.25) is 0 Å². The fourth-order valence-corrected chi connectivity index (χ4v) is 0.882. The van der Waals surface area contributed by atoms with Crippen LogP contribution in [0, 0.1) is 5.82 Å². The summed E-state index contributed by atoms with van der Waals surface area (Å²) in [6.45, 7) is 0.408. The molecule has 4 nitrogen and oxygen atoms in total. The second kappa shape index (κ2) is 5.29. The molecule has 76 valence electrons. The average molecular weight is 198 g/mol. The van der Waals surface area contributed by atoms with Gasteiger partial charge in [-0.3, -0.25) is 4.79 Å². The van der Waals surface area contributed by atoms with Gasteiger partial charge in [0.1, 0.15) is 11.5 Å². The zero-order chi connectivity index (χ0) is 10.4. The molecule has 0 aliphatic heterocycles. The fraction of sp³-hybridized carbons (Fsp3) is 0.333. The summed E-state index contributed by atoms with van der Waals surface area (Å²) in [5, 5.41) is 11.0. The quantitative estimate of drug-likeness (QED) is 0.685. The maximum atomic E-state index is 12.4. The van der Waals surface area contributed by atoms with E-state index >= 15 is 0 Å². The Kier molecular flexibility index (Phi) is 4.00. The molecule has 2 N–H and O–H groups in total. The molecule has 1 aromatic rings. The van der Waals surface area contributed by atoms with Gasteiger partial charge in [0.2, 0.25) is 0 Å². The van der Waals surface area contributed by atoms with Gasteiger partial charge in [-0.1, -0.05) is 0 Å². The highest BCUT2D eigenvalue weighted by Crippen LogP contribution is 1.97. The van der Waals surface area contributed by atoms with Gasteiger partial charge in [-0.25, -0.2) is 9.37 Å². The van der Waals surface area contributed by atoms with Crippen molar-refractivity contribution < 1.29 is 14.3 Å². The number of aromatic nitrogens is 1. The van der Waals surface area contributed by atoms with Gasteiger partial charge in [-0.15, -0.1) is 0 Å². The van der Waals surface area contributed by atoms with Gasteiger partial charge in [0, 0.05) is 13.2 Å². The van der Waals surface area contributed by atoms with Crippen molar-refractivity contribution in [3.8, 4) is 0 Å². The number of aliphatic hydroxyl groups excluding tert-OH is 1. The summed E-state index contributed by atoms with van der Waals surface area (Å²) in [7, 11) is 0. The highest BCUT2D eigenvalue weighted by molar-refractivity contribution is 5.92. The first kappa shape index (κ1) is 10.6. The first-order chi connectivity index (χ1) is 6.74. The number of rotatable bonds is 4. The maximum Gasteiger partial charge on any atom is 0.269 e. The Labute approximate surface area is 80.8 Å². The van der Waals surface area contributed by atoms with Crippen molar-refractivity contribution in [3.05, 3.63) is 29.8 Å². The molecule has 0 aliphatic rings. The monoisotopic (exact) mass is 198 g/mol. The lowest BCUT2D eigenvalue weighted by Crippen LogP contribution is -2.25. The van der Waals surface area contributed by atoms with Crippen LogP contribution in [0.1, 0.15) is 16.9 Å². The van der Waals surface area contributed by atoms with Crippen molar-refractivity contribution in [2.75, 3.05) is 13.2 Å². The third-order valence-corrected chi connectivity index (χ3v) is 1.58. The molecule has 0 aromatic carbocycles. The van der Waals surface area contributed by atoms with Crippen LogP contribution in [0.25, 0.3) is 0 Å². The standard InChI is InChI=1S/C9H11FN2O2/c10-7-2-3-8(12-6-7)9(14)11-4-1-5-13/h2-3,6,13H,1,4-5H2,(H,11,14). The number of amides is 1. The van der Waals surface area contributed by atoms with E-state index in [0.29, 0.717) is 13.0 Å². The van der Waals surface area contributed by atoms with Crippen molar-refractivity contribution in [2.24, 2.45) is 0 Å². The zero-order valence-corrected chi connectivity index (χ0v) is 7.53. The van der Waals surface area contributed by atoms with Crippen LogP contribution < -0.4 is 5.32 Å². The Hall–Kier alpha value is -1.49. The summed E-state index contributed by atoms with van der Waals surface area (Å²) >= 11 is 0. The first-order valence-electron chi connectivity index (χ1n) is 4.24. The largest absolute Gasteiger partial charge is 0.396 e. The number of pyridine rings is 1. The lowest BCUT2D eigenvalue weighted by Gasteiger charge is -2.02. The van der Waals surface area contributed by atoms with Crippen LogP contribution in [0.5, 0.6) is 0 Å². The van der Waals surface area contributed by atoms with Gasteiger partial charge in [-0.2, -0.15) is 0 Å². The molecule has 1 rings (SSSR count). The van der Waals surface area contributed by atoms with Crippen molar-refractivity contribution in [3.63, 3.8) is 0 Å². The van der Waals surface area contributed by atoms with E-state index in [1.807, 2.05) is 0 Å². The molecule has 0 aliphatic carbocycles. The lowest BCUT2D eigenvalue weighted by molar-refractivity contribution is 0.0946. The van der Waals surface area contributed by atoms with Crippen molar-refractivity contribution in [1.82, 2.24) is 10.3 Å². The average Bonchev–Trinajstić information content (AvgIpc) is 2.19. The zero-order valence-electron chi connectivity index (χ0n) is 7.53. The molecule has 0 bridgehead atoms. The molecule has 0 saturated carbocycles. The Morgan fingerprint density at radius 2 is 2.36 bits per heavy atom. The SMILES string of the molecule is O=C(NCCCO)c1ccc(F)cn1. The molecule has 0 unspecified atom stereocenters. The van der Waals surface area contributed by atoms with Crippen LogP contribution in [-0.2, 0) is 0 Å². The van der Waals surface area contributed by atoms with Crippen molar-refractivity contribution in [2.45, 2.75) is 6.42 Å². The highest BCUT2D eigenvalue weighted by Gasteiger charge is 2.05. The maximum absolute atomic E-state index is 12.4.